The smallest absolute Gasteiger partial charge is 0.118 e. The Balaban J connectivity index is 0.000000670. The third-order valence-electron chi connectivity index (χ3n) is 9.05. The highest BCUT2D eigenvalue weighted by Gasteiger charge is 2.08. The van der Waals surface area contributed by atoms with E-state index in [9.17, 15) is 0 Å². The molecular formula is C52H60O. The second kappa shape index (κ2) is 24.0. The summed E-state index contributed by atoms with van der Waals surface area (Å²) in [6.07, 6.45) is 18.1. The molecule has 0 radical (unpaired) electrons. The van der Waals surface area contributed by atoms with E-state index in [1.165, 1.54) is 53.5 Å². The van der Waals surface area contributed by atoms with Crippen molar-refractivity contribution in [3.63, 3.8) is 0 Å². The SMILES string of the molecule is C=C/C=C(\C=C/C)C(=C\c1ccc(-c2ccc(/C=C(/c3ccccc3)c3ccc(OC)cc3)cc2)cc1)/c1ccccc1.CC.CCCCC(C)CC. The molecule has 0 bridgehead atoms. The van der Waals surface area contributed by atoms with Crippen LogP contribution in [0.4, 0.5) is 0 Å². The van der Waals surface area contributed by atoms with Gasteiger partial charge in [-0.15, -0.1) is 0 Å². The summed E-state index contributed by atoms with van der Waals surface area (Å²) in [5.74, 6) is 1.81. The molecule has 1 heteroatoms. The Morgan fingerprint density at radius 1 is 0.660 bits per heavy atom. The highest BCUT2D eigenvalue weighted by atomic mass is 16.5. The Morgan fingerprint density at radius 2 is 1.17 bits per heavy atom. The Kier molecular flexibility index (Phi) is 19.0. The van der Waals surface area contributed by atoms with Gasteiger partial charge in [-0.1, -0.05) is 213 Å². The third-order valence-corrected chi connectivity index (χ3v) is 9.05. The molecule has 0 aliphatic carbocycles. The fraction of sp³-hybridized carbons (Fsp3) is 0.231. The molecule has 5 aromatic carbocycles. The molecule has 1 nitrogen and oxygen atoms in total. The molecule has 1 unspecified atom stereocenters. The minimum Gasteiger partial charge on any atom is -0.497 e. The second-order valence-corrected chi connectivity index (χ2v) is 12.8. The average molecular weight is 701 g/mol. The quantitative estimate of drug-likeness (QED) is 0.0828. The van der Waals surface area contributed by atoms with Gasteiger partial charge in [-0.2, -0.15) is 0 Å². The lowest BCUT2D eigenvalue weighted by Gasteiger charge is -2.11. The fourth-order valence-electron chi connectivity index (χ4n) is 5.85. The number of ether oxygens (including phenoxy) is 1. The van der Waals surface area contributed by atoms with Gasteiger partial charge in [0, 0.05) is 0 Å². The molecule has 0 aliphatic rings. The van der Waals surface area contributed by atoms with Crippen LogP contribution >= 0.6 is 0 Å². The molecule has 0 saturated carbocycles. The van der Waals surface area contributed by atoms with Gasteiger partial charge < -0.3 is 4.74 Å². The summed E-state index contributed by atoms with van der Waals surface area (Å²) in [5.41, 5.74) is 11.6. The van der Waals surface area contributed by atoms with E-state index < -0.39 is 0 Å². The summed E-state index contributed by atoms with van der Waals surface area (Å²) in [7, 11) is 1.69. The standard InChI is InChI=1S/C42H36O.C8H18.C2H6/c1-4-12-36(13-5-2)41(37-14-8-6-9-15-37)30-32-18-22-34(23-19-32)35-24-20-33(21-25-35)31-42(38-16-10-7-11-17-38)39-26-28-40(43-3)29-27-39;1-4-6-7-8(3)5-2;1-2/h4-31H,1H2,2-3H3;8H,4-7H2,1-3H3;1-2H3/b13-5-,36-12+,41-30+,42-31-;;. The van der Waals surface area contributed by atoms with E-state index in [0.717, 1.165) is 39.5 Å². The Morgan fingerprint density at radius 3 is 1.64 bits per heavy atom. The molecule has 274 valence electrons. The van der Waals surface area contributed by atoms with Crippen molar-refractivity contribution in [3.05, 3.63) is 198 Å². The molecule has 0 aliphatic heterocycles. The Labute approximate surface area is 321 Å². The van der Waals surface area contributed by atoms with Gasteiger partial charge in [0.1, 0.15) is 5.75 Å². The molecule has 0 aromatic heterocycles. The summed E-state index contributed by atoms with van der Waals surface area (Å²) >= 11 is 0. The summed E-state index contributed by atoms with van der Waals surface area (Å²) in [6, 6.07) is 46.8. The van der Waals surface area contributed by atoms with Crippen molar-refractivity contribution in [2.45, 2.75) is 67.2 Å². The van der Waals surface area contributed by atoms with Crippen LogP contribution in [0.3, 0.4) is 0 Å². The summed E-state index contributed by atoms with van der Waals surface area (Å²) in [6.45, 7) is 16.8. The van der Waals surface area contributed by atoms with Crippen molar-refractivity contribution in [1.82, 2.24) is 0 Å². The number of unbranched alkanes of at least 4 members (excludes halogenated alkanes) is 1. The average Bonchev–Trinajstić information content (AvgIpc) is 3.23. The van der Waals surface area contributed by atoms with Gasteiger partial charge in [0.2, 0.25) is 0 Å². The van der Waals surface area contributed by atoms with Crippen LogP contribution < -0.4 is 4.74 Å². The van der Waals surface area contributed by atoms with Gasteiger partial charge in [0.25, 0.3) is 0 Å². The van der Waals surface area contributed by atoms with Gasteiger partial charge in [-0.3, -0.25) is 0 Å². The number of methoxy groups -OCH3 is 1. The van der Waals surface area contributed by atoms with Crippen LogP contribution in [-0.4, -0.2) is 7.11 Å². The molecule has 0 N–H and O–H groups in total. The van der Waals surface area contributed by atoms with Gasteiger partial charge in [0.05, 0.1) is 7.11 Å². The van der Waals surface area contributed by atoms with Crippen molar-refractivity contribution in [2.75, 3.05) is 7.11 Å². The molecule has 5 aromatic rings. The van der Waals surface area contributed by atoms with Crippen LogP contribution in [0.1, 0.15) is 95.0 Å². The maximum Gasteiger partial charge on any atom is 0.118 e. The topological polar surface area (TPSA) is 9.23 Å². The summed E-state index contributed by atoms with van der Waals surface area (Å²) in [5, 5.41) is 0. The van der Waals surface area contributed by atoms with Crippen molar-refractivity contribution >= 4 is 23.3 Å². The van der Waals surface area contributed by atoms with Crippen molar-refractivity contribution in [2.24, 2.45) is 5.92 Å². The number of benzene rings is 5. The zero-order chi connectivity index (χ0) is 38.3. The Hall–Kier alpha value is -5.40. The van der Waals surface area contributed by atoms with Crippen LogP contribution in [0.5, 0.6) is 5.75 Å². The van der Waals surface area contributed by atoms with Gasteiger partial charge in [-0.25, -0.2) is 0 Å². The van der Waals surface area contributed by atoms with E-state index in [0.29, 0.717) is 0 Å². The molecule has 0 heterocycles. The second-order valence-electron chi connectivity index (χ2n) is 12.8. The van der Waals surface area contributed by atoms with E-state index >= 15 is 0 Å². The zero-order valence-electron chi connectivity index (χ0n) is 33.2. The van der Waals surface area contributed by atoms with E-state index in [1.807, 2.05) is 51.1 Å². The monoisotopic (exact) mass is 700 g/mol. The largest absolute Gasteiger partial charge is 0.497 e. The van der Waals surface area contributed by atoms with Crippen molar-refractivity contribution in [1.29, 1.82) is 0 Å². The minimum absolute atomic E-state index is 0.852. The highest BCUT2D eigenvalue weighted by Crippen LogP contribution is 2.30. The lowest BCUT2D eigenvalue weighted by atomic mass is 9.93. The van der Waals surface area contributed by atoms with E-state index in [2.05, 4.69) is 167 Å². The minimum atomic E-state index is 0.852. The predicted molar refractivity (Wildman–Crippen MR) is 236 cm³/mol. The first kappa shape index (κ1) is 42.0. The third kappa shape index (κ3) is 13.6. The normalized spacial score (nSPS) is 12.2. The summed E-state index contributed by atoms with van der Waals surface area (Å²) < 4.78 is 5.37. The first-order chi connectivity index (χ1) is 26.0. The molecule has 0 amide bonds. The molecule has 53 heavy (non-hydrogen) atoms. The maximum absolute atomic E-state index is 5.37. The lowest BCUT2D eigenvalue weighted by molar-refractivity contribution is 0.415. The molecule has 5 rings (SSSR count). The van der Waals surface area contributed by atoms with Crippen LogP contribution in [0.25, 0.3) is 34.4 Å². The highest BCUT2D eigenvalue weighted by molar-refractivity contribution is 5.94. The van der Waals surface area contributed by atoms with Crippen LogP contribution in [-0.2, 0) is 0 Å². The molecule has 0 fully saturated rings. The molecule has 1 atom stereocenters. The summed E-state index contributed by atoms with van der Waals surface area (Å²) in [4.78, 5) is 0. The maximum atomic E-state index is 5.37. The van der Waals surface area contributed by atoms with E-state index in [-0.39, 0.29) is 0 Å². The fourth-order valence-corrected chi connectivity index (χ4v) is 5.85. The van der Waals surface area contributed by atoms with Crippen LogP contribution in [0, 0.1) is 5.92 Å². The first-order valence-electron chi connectivity index (χ1n) is 19.3. The van der Waals surface area contributed by atoms with Crippen LogP contribution in [0.15, 0.2) is 170 Å². The Bertz CT molecular complexity index is 1870. The molecule has 0 spiro atoms. The lowest BCUT2D eigenvalue weighted by Crippen LogP contribution is -1.90. The van der Waals surface area contributed by atoms with Gasteiger partial charge in [0.15, 0.2) is 0 Å². The van der Waals surface area contributed by atoms with Crippen molar-refractivity contribution < 1.29 is 4.74 Å². The van der Waals surface area contributed by atoms with Crippen molar-refractivity contribution in [3.8, 4) is 16.9 Å². The van der Waals surface area contributed by atoms with E-state index in [1.54, 1.807) is 7.11 Å². The number of rotatable bonds is 14. The number of hydrogen-bond acceptors (Lipinski definition) is 1. The van der Waals surface area contributed by atoms with E-state index in [4.69, 9.17) is 4.74 Å². The zero-order valence-corrected chi connectivity index (χ0v) is 33.2. The van der Waals surface area contributed by atoms with Gasteiger partial charge in [-0.05, 0) is 92.8 Å². The predicted octanol–water partition coefficient (Wildman–Crippen LogP) is 15.4. The molecular weight excluding hydrogens is 641 g/mol. The van der Waals surface area contributed by atoms with Gasteiger partial charge >= 0.3 is 0 Å². The first-order valence-corrected chi connectivity index (χ1v) is 19.3. The molecule has 0 saturated heterocycles. The van der Waals surface area contributed by atoms with Crippen LogP contribution in [0.2, 0.25) is 0 Å². The number of allylic oxidation sites excluding steroid dienone is 6. The number of hydrogen-bond donors (Lipinski definition) is 0.